The molecule has 0 radical (unpaired) electrons. The lowest BCUT2D eigenvalue weighted by Gasteiger charge is -2.14. The molecule has 3 rings (SSSR count). The van der Waals surface area contributed by atoms with Crippen molar-refractivity contribution in [1.82, 2.24) is 0 Å². The molecular weight excluding hydrogens is 308 g/mol. The fourth-order valence-corrected chi connectivity index (χ4v) is 2.87. The smallest absolute Gasteiger partial charge is 0.338 e. The van der Waals surface area contributed by atoms with Crippen molar-refractivity contribution < 1.29 is 23.7 Å². The maximum absolute atomic E-state index is 12.2. The Bertz CT molecular complexity index is 930. The summed E-state index contributed by atoms with van der Waals surface area (Å²) in [5, 5.41) is 3.50. The third-order valence-corrected chi connectivity index (χ3v) is 4.07. The van der Waals surface area contributed by atoms with Crippen LogP contribution in [0.4, 0.5) is 0 Å². The van der Waals surface area contributed by atoms with Crippen molar-refractivity contribution in [3.63, 3.8) is 0 Å². The van der Waals surface area contributed by atoms with Crippen LogP contribution in [0.25, 0.3) is 21.5 Å². The molecule has 3 aromatic rings. The highest BCUT2D eigenvalue weighted by Crippen LogP contribution is 2.38. The van der Waals surface area contributed by atoms with Gasteiger partial charge in [-0.2, -0.15) is 0 Å². The Morgan fingerprint density at radius 2 is 1.46 bits per heavy atom. The summed E-state index contributed by atoms with van der Waals surface area (Å²) in [5.74, 6) is 1.51. The van der Waals surface area contributed by atoms with Crippen LogP contribution in [-0.4, -0.2) is 34.4 Å². The van der Waals surface area contributed by atoms with Crippen LogP contribution in [0.2, 0.25) is 0 Å². The second-order valence-electron chi connectivity index (χ2n) is 5.26. The van der Waals surface area contributed by atoms with Gasteiger partial charge in [0, 0.05) is 5.39 Å². The van der Waals surface area contributed by atoms with Gasteiger partial charge in [-0.1, -0.05) is 6.07 Å². The van der Waals surface area contributed by atoms with Crippen LogP contribution in [0.3, 0.4) is 0 Å². The molecule has 3 aromatic carbocycles. The Labute approximate surface area is 139 Å². The molecule has 0 N–H and O–H groups in total. The predicted octanol–water partition coefficient (Wildman–Crippen LogP) is 3.81. The van der Waals surface area contributed by atoms with E-state index in [1.54, 1.807) is 27.4 Å². The van der Waals surface area contributed by atoms with Gasteiger partial charge in [0.2, 0.25) is 0 Å². The van der Waals surface area contributed by atoms with E-state index in [1.165, 1.54) is 7.11 Å². The molecule has 24 heavy (non-hydrogen) atoms. The van der Waals surface area contributed by atoms with Crippen molar-refractivity contribution in [2.24, 2.45) is 0 Å². The van der Waals surface area contributed by atoms with E-state index in [2.05, 4.69) is 0 Å². The van der Waals surface area contributed by atoms with E-state index in [0.29, 0.717) is 22.8 Å². The molecule has 0 aliphatic heterocycles. The second-order valence-corrected chi connectivity index (χ2v) is 5.26. The number of rotatable bonds is 4. The summed E-state index contributed by atoms with van der Waals surface area (Å²) in [4.78, 5) is 12.2. The van der Waals surface area contributed by atoms with Gasteiger partial charge in [-0.3, -0.25) is 0 Å². The highest BCUT2D eigenvalue weighted by atomic mass is 16.5. The maximum Gasteiger partial charge on any atom is 0.338 e. The van der Waals surface area contributed by atoms with Crippen molar-refractivity contribution in [1.29, 1.82) is 0 Å². The first-order valence-electron chi connectivity index (χ1n) is 7.37. The number of ether oxygens (including phenoxy) is 4. The SMILES string of the molecule is COC(=O)c1cc2cc(OC)c(OC)cc2c2ccc(OC)cc12. The van der Waals surface area contributed by atoms with Crippen LogP contribution < -0.4 is 14.2 Å². The highest BCUT2D eigenvalue weighted by molar-refractivity contribution is 6.16. The molecule has 0 heterocycles. The van der Waals surface area contributed by atoms with Gasteiger partial charge in [0.1, 0.15) is 5.75 Å². The van der Waals surface area contributed by atoms with Crippen molar-refractivity contribution in [2.45, 2.75) is 0 Å². The minimum Gasteiger partial charge on any atom is -0.497 e. The van der Waals surface area contributed by atoms with Crippen LogP contribution >= 0.6 is 0 Å². The summed E-state index contributed by atoms with van der Waals surface area (Å²) in [6.07, 6.45) is 0. The zero-order chi connectivity index (χ0) is 17.3. The summed E-state index contributed by atoms with van der Waals surface area (Å²) >= 11 is 0. The van der Waals surface area contributed by atoms with Gasteiger partial charge in [0.05, 0.1) is 34.0 Å². The number of hydrogen-bond donors (Lipinski definition) is 0. The van der Waals surface area contributed by atoms with Crippen LogP contribution in [0.1, 0.15) is 10.4 Å². The zero-order valence-electron chi connectivity index (χ0n) is 14.0. The summed E-state index contributed by atoms with van der Waals surface area (Å²) in [7, 11) is 6.13. The Morgan fingerprint density at radius 1 is 0.750 bits per heavy atom. The monoisotopic (exact) mass is 326 g/mol. The van der Waals surface area contributed by atoms with Gasteiger partial charge in [0.15, 0.2) is 11.5 Å². The van der Waals surface area contributed by atoms with Crippen LogP contribution in [0.15, 0.2) is 36.4 Å². The Morgan fingerprint density at radius 3 is 2.08 bits per heavy atom. The van der Waals surface area contributed by atoms with E-state index < -0.39 is 5.97 Å². The van der Waals surface area contributed by atoms with Crippen molar-refractivity contribution in [3.8, 4) is 17.2 Å². The minimum atomic E-state index is -0.398. The molecule has 0 spiro atoms. The number of carbonyl (C=O) groups is 1. The van der Waals surface area contributed by atoms with Gasteiger partial charge in [-0.25, -0.2) is 4.79 Å². The number of carbonyl (C=O) groups excluding carboxylic acids is 1. The standard InChI is InChI=1S/C19H18O5/c1-21-12-5-6-13-14-10-18(23-3)17(22-2)8-11(14)7-16(15(13)9-12)19(20)24-4/h5-10H,1-4H3. The molecule has 0 aliphatic rings. The van der Waals surface area contributed by atoms with Gasteiger partial charge in [-0.15, -0.1) is 0 Å². The van der Waals surface area contributed by atoms with Crippen LogP contribution in [0.5, 0.6) is 17.2 Å². The average Bonchev–Trinajstić information content (AvgIpc) is 2.64. The number of esters is 1. The molecule has 0 unspecified atom stereocenters. The fourth-order valence-electron chi connectivity index (χ4n) is 2.87. The molecule has 124 valence electrons. The zero-order valence-corrected chi connectivity index (χ0v) is 14.0. The lowest BCUT2D eigenvalue weighted by Crippen LogP contribution is -2.03. The van der Waals surface area contributed by atoms with E-state index in [1.807, 2.05) is 30.3 Å². The molecule has 0 amide bonds. The normalized spacial score (nSPS) is 10.7. The first kappa shape index (κ1) is 15.9. The van der Waals surface area contributed by atoms with E-state index >= 15 is 0 Å². The third kappa shape index (κ3) is 2.48. The molecule has 0 atom stereocenters. The van der Waals surface area contributed by atoms with Crippen molar-refractivity contribution in [2.75, 3.05) is 28.4 Å². The van der Waals surface area contributed by atoms with Crippen molar-refractivity contribution in [3.05, 3.63) is 42.0 Å². The third-order valence-electron chi connectivity index (χ3n) is 4.07. The molecule has 0 saturated carbocycles. The first-order chi connectivity index (χ1) is 11.6. The van der Waals surface area contributed by atoms with Gasteiger partial charge >= 0.3 is 5.97 Å². The number of fused-ring (bicyclic) bond motifs is 3. The molecule has 5 heteroatoms. The van der Waals surface area contributed by atoms with Crippen LogP contribution in [-0.2, 0) is 4.74 Å². The Hall–Kier alpha value is -2.95. The summed E-state index contributed by atoms with van der Waals surface area (Å²) in [6.45, 7) is 0. The topological polar surface area (TPSA) is 54.0 Å². The van der Waals surface area contributed by atoms with E-state index in [9.17, 15) is 4.79 Å². The Balaban J connectivity index is 2.45. The van der Waals surface area contributed by atoms with E-state index in [0.717, 1.165) is 21.5 Å². The average molecular weight is 326 g/mol. The summed E-state index contributed by atoms with van der Waals surface area (Å²) in [6, 6.07) is 11.2. The Kier molecular flexibility index (Phi) is 4.16. The fraction of sp³-hybridized carbons (Fsp3) is 0.211. The van der Waals surface area contributed by atoms with Crippen LogP contribution in [0, 0.1) is 0 Å². The quantitative estimate of drug-likeness (QED) is 0.539. The van der Waals surface area contributed by atoms with E-state index in [-0.39, 0.29) is 0 Å². The minimum absolute atomic E-state index is 0.398. The molecular formula is C19H18O5. The lowest BCUT2D eigenvalue weighted by molar-refractivity contribution is 0.0603. The molecule has 0 bridgehead atoms. The first-order valence-corrected chi connectivity index (χ1v) is 7.37. The van der Waals surface area contributed by atoms with Gasteiger partial charge < -0.3 is 18.9 Å². The number of hydrogen-bond acceptors (Lipinski definition) is 5. The van der Waals surface area contributed by atoms with Gasteiger partial charge in [0.25, 0.3) is 0 Å². The van der Waals surface area contributed by atoms with E-state index in [4.69, 9.17) is 18.9 Å². The number of benzene rings is 3. The second kappa shape index (κ2) is 6.28. The number of methoxy groups -OCH3 is 4. The molecule has 0 aliphatic carbocycles. The van der Waals surface area contributed by atoms with Crippen molar-refractivity contribution >= 4 is 27.5 Å². The molecule has 0 aromatic heterocycles. The predicted molar refractivity (Wildman–Crippen MR) is 92.4 cm³/mol. The molecule has 0 saturated heterocycles. The largest absolute Gasteiger partial charge is 0.497 e. The summed E-state index contributed by atoms with van der Waals surface area (Å²) < 4.78 is 21.0. The maximum atomic E-state index is 12.2. The highest BCUT2D eigenvalue weighted by Gasteiger charge is 2.16. The molecule has 0 fully saturated rings. The van der Waals surface area contributed by atoms with Gasteiger partial charge in [-0.05, 0) is 46.5 Å². The molecule has 5 nitrogen and oxygen atoms in total. The summed E-state index contributed by atoms with van der Waals surface area (Å²) in [5.41, 5.74) is 0.478. The lowest BCUT2D eigenvalue weighted by atomic mass is 9.96.